The number of carboxylic acids is 1. The molecule has 0 saturated heterocycles. The van der Waals surface area contributed by atoms with Crippen LogP contribution in [0.1, 0.15) is 32.3 Å². The van der Waals surface area contributed by atoms with E-state index in [1.807, 2.05) is 0 Å². The first-order valence-corrected chi connectivity index (χ1v) is 5.55. The van der Waals surface area contributed by atoms with Crippen LogP contribution in [0.2, 0.25) is 0 Å². The smallest absolute Gasteiger partial charge is 0.310 e. The molecule has 0 saturated carbocycles. The molecule has 6 heteroatoms. The largest absolute Gasteiger partial charge is 0.481 e. The van der Waals surface area contributed by atoms with Gasteiger partial charge in [0.25, 0.3) is 0 Å². The van der Waals surface area contributed by atoms with Crippen LogP contribution in [0.3, 0.4) is 0 Å². The summed E-state index contributed by atoms with van der Waals surface area (Å²) in [6.07, 6.45) is 0. The quantitative estimate of drug-likeness (QED) is 0.659. The number of aliphatic carboxylic acids is 1. The Balaban J connectivity index is 3.17. The number of carboxylic acid groups (broad SMARTS) is 1. The van der Waals surface area contributed by atoms with Gasteiger partial charge < -0.3 is 14.6 Å². The van der Waals surface area contributed by atoms with Crippen molar-refractivity contribution in [1.82, 2.24) is 0 Å². The number of rotatable bonds is 4. The van der Waals surface area contributed by atoms with Crippen LogP contribution in [-0.4, -0.2) is 23.0 Å². The molecule has 19 heavy (non-hydrogen) atoms. The standard InChI is InChI=1S/C13H14O6/c1-7(13(16)17)10-4-5-11(18-8(2)14)12(6-10)19-9(3)15/h4-7H,1-3H3,(H,16,17). The minimum atomic E-state index is -1.01. The second kappa shape index (κ2) is 5.99. The van der Waals surface area contributed by atoms with Crippen molar-refractivity contribution in [3.05, 3.63) is 23.8 Å². The topological polar surface area (TPSA) is 89.9 Å². The Morgan fingerprint density at radius 1 is 1.05 bits per heavy atom. The molecule has 0 aliphatic rings. The van der Waals surface area contributed by atoms with Gasteiger partial charge in [-0.15, -0.1) is 0 Å². The lowest BCUT2D eigenvalue weighted by molar-refractivity contribution is -0.138. The van der Waals surface area contributed by atoms with Crippen molar-refractivity contribution in [3.8, 4) is 11.5 Å². The Labute approximate surface area is 109 Å². The molecule has 0 heterocycles. The fraction of sp³-hybridized carbons (Fsp3) is 0.308. The van der Waals surface area contributed by atoms with Crippen LogP contribution in [0.5, 0.6) is 11.5 Å². The third-order valence-electron chi connectivity index (χ3n) is 2.35. The van der Waals surface area contributed by atoms with Crippen molar-refractivity contribution in [2.24, 2.45) is 0 Å². The summed E-state index contributed by atoms with van der Waals surface area (Å²) in [6, 6.07) is 4.27. The number of esters is 2. The molecule has 102 valence electrons. The zero-order valence-electron chi connectivity index (χ0n) is 10.8. The first-order chi connectivity index (χ1) is 8.81. The summed E-state index contributed by atoms with van der Waals surface area (Å²) in [5.74, 6) is -2.83. The first kappa shape index (κ1) is 14.7. The van der Waals surface area contributed by atoms with Gasteiger partial charge in [0.1, 0.15) is 0 Å². The van der Waals surface area contributed by atoms with Gasteiger partial charge in [-0.2, -0.15) is 0 Å². The van der Waals surface area contributed by atoms with E-state index in [1.165, 1.54) is 39.0 Å². The minimum Gasteiger partial charge on any atom is -0.481 e. The van der Waals surface area contributed by atoms with E-state index in [4.69, 9.17) is 14.6 Å². The molecule has 0 aliphatic heterocycles. The maximum atomic E-state index is 11.0. The third-order valence-corrected chi connectivity index (χ3v) is 2.35. The number of benzene rings is 1. The molecular weight excluding hydrogens is 252 g/mol. The molecule has 1 rings (SSSR count). The van der Waals surface area contributed by atoms with Crippen molar-refractivity contribution in [1.29, 1.82) is 0 Å². The summed E-state index contributed by atoms with van der Waals surface area (Å²) in [5.41, 5.74) is 0.444. The van der Waals surface area contributed by atoms with Gasteiger partial charge in [0, 0.05) is 13.8 Å². The Morgan fingerprint density at radius 3 is 2.05 bits per heavy atom. The lowest BCUT2D eigenvalue weighted by atomic mass is 10.0. The predicted octanol–water partition coefficient (Wildman–Crippen LogP) is 1.73. The highest BCUT2D eigenvalue weighted by molar-refractivity contribution is 5.77. The lowest BCUT2D eigenvalue weighted by Crippen LogP contribution is -2.10. The molecule has 0 spiro atoms. The van der Waals surface area contributed by atoms with E-state index in [1.54, 1.807) is 0 Å². The average Bonchev–Trinajstić information content (AvgIpc) is 2.29. The Bertz CT molecular complexity index is 520. The van der Waals surface area contributed by atoms with E-state index < -0.39 is 23.8 Å². The van der Waals surface area contributed by atoms with E-state index in [0.717, 1.165) is 0 Å². The van der Waals surface area contributed by atoms with Gasteiger partial charge in [0.15, 0.2) is 11.5 Å². The number of carbonyl (C=O) groups is 3. The second-order valence-corrected chi connectivity index (χ2v) is 3.95. The monoisotopic (exact) mass is 266 g/mol. The zero-order valence-corrected chi connectivity index (χ0v) is 10.8. The molecule has 1 aromatic rings. The van der Waals surface area contributed by atoms with Crippen molar-refractivity contribution in [2.75, 3.05) is 0 Å². The highest BCUT2D eigenvalue weighted by atomic mass is 16.6. The van der Waals surface area contributed by atoms with Crippen molar-refractivity contribution >= 4 is 17.9 Å². The maximum absolute atomic E-state index is 11.0. The summed E-state index contributed by atoms with van der Waals surface area (Å²) in [5, 5.41) is 8.93. The summed E-state index contributed by atoms with van der Waals surface area (Å²) < 4.78 is 9.79. The molecule has 0 fully saturated rings. The van der Waals surface area contributed by atoms with Gasteiger partial charge in [-0.1, -0.05) is 6.07 Å². The molecule has 1 atom stereocenters. The van der Waals surface area contributed by atoms with Crippen LogP contribution in [0.4, 0.5) is 0 Å². The second-order valence-electron chi connectivity index (χ2n) is 3.95. The Kier molecular flexibility index (Phi) is 4.63. The molecule has 0 amide bonds. The predicted molar refractivity (Wildman–Crippen MR) is 65.1 cm³/mol. The highest BCUT2D eigenvalue weighted by Gasteiger charge is 2.18. The third kappa shape index (κ3) is 4.09. The highest BCUT2D eigenvalue weighted by Crippen LogP contribution is 2.31. The van der Waals surface area contributed by atoms with Crippen molar-refractivity contribution in [3.63, 3.8) is 0 Å². The van der Waals surface area contributed by atoms with Crippen molar-refractivity contribution in [2.45, 2.75) is 26.7 Å². The van der Waals surface area contributed by atoms with Crippen LogP contribution in [-0.2, 0) is 14.4 Å². The molecule has 0 aromatic heterocycles. The minimum absolute atomic E-state index is 0.0216. The van der Waals surface area contributed by atoms with Crippen molar-refractivity contribution < 1.29 is 29.0 Å². The van der Waals surface area contributed by atoms with Gasteiger partial charge in [0.05, 0.1) is 5.92 Å². The van der Waals surface area contributed by atoms with Crippen LogP contribution >= 0.6 is 0 Å². The molecule has 0 radical (unpaired) electrons. The maximum Gasteiger partial charge on any atom is 0.310 e. The van der Waals surface area contributed by atoms with Gasteiger partial charge in [0.2, 0.25) is 0 Å². The Hall–Kier alpha value is -2.37. The normalized spacial score (nSPS) is 11.5. The number of ether oxygens (including phenoxy) is 2. The van der Waals surface area contributed by atoms with Gasteiger partial charge in [-0.3, -0.25) is 14.4 Å². The molecule has 1 N–H and O–H groups in total. The van der Waals surface area contributed by atoms with Crippen LogP contribution < -0.4 is 9.47 Å². The molecule has 6 nitrogen and oxygen atoms in total. The SMILES string of the molecule is CC(=O)Oc1ccc(C(C)C(=O)O)cc1OC(C)=O. The van der Waals surface area contributed by atoms with E-state index in [9.17, 15) is 14.4 Å². The Morgan fingerprint density at radius 2 is 1.58 bits per heavy atom. The lowest BCUT2D eigenvalue weighted by Gasteiger charge is -2.12. The summed E-state index contributed by atoms with van der Waals surface area (Å²) in [6.45, 7) is 3.91. The fourth-order valence-corrected chi connectivity index (χ4v) is 1.41. The van der Waals surface area contributed by atoms with Gasteiger partial charge in [-0.25, -0.2) is 0 Å². The van der Waals surface area contributed by atoms with Crippen LogP contribution in [0.25, 0.3) is 0 Å². The van der Waals surface area contributed by atoms with Crippen LogP contribution in [0, 0.1) is 0 Å². The zero-order chi connectivity index (χ0) is 14.6. The molecule has 0 bridgehead atoms. The number of hydrogen-bond acceptors (Lipinski definition) is 5. The number of hydrogen-bond donors (Lipinski definition) is 1. The summed E-state index contributed by atoms with van der Waals surface area (Å²) >= 11 is 0. The van der Waals surface area contributed by atoms with Gasteiger partial charge >= 0.3 is 17.9 Å². The van der Waals surface area contributed by atoms with E-state index in [0.29, 0.717) is 5.56 Å². The molecule has 1 unspecified atom stereocenters. The van der Waals surface area contributed by atoms with E-state index >= 15 is 0 Å². The summed E-state index contributed by atoms with van der Waals surface area (Å²) in [4.78, 5) is 32.8. The van der Waals surface area contributed by atoms with E-state index in [2.05, 4.69) is 0 Å². The first-order valence-electron chi connectivity index (χ1n) is 5.55. The number of carbonyl (C=O) groups excluding carboxylic acids is 2. The van der Waals surface area contributed by atoms with E-state index in [-0.39, 0.29) is 11.5 Å². The summed E-state index contributed by atoms with van der Waals surface area (Å²) in [7, 11) is 0. The fourth-order valence-electron chi connectivity index (χ4n) is 1.41. The molecular formula is C13H14O6. The molecule has 1 aromatic carbocycles. The molecule has 0 aliphatic carbocycles. The van der Waals surface area contributed by atoms with Crippen LogP contribution in [0.15, 0.2) is 18.2 Å². The van der Waals surface area contributed by atoms with Gasteiger partial charge in [-0.05, 0) is 24.6 Å². The average molecular weight is 266 g/mol.